The highest BCUT2D eigenvalue weighted by atomic mass is 32.2. The number of hydrogen-bond donors (Lipinski definition) is 1. The second kappa shape index (κ2) is 7.94. The molecule has 4 rings (SSSR count). The monoisotopic (exact) mass is 391 g/mol. The van der Waals surface area contributed by atoms with Crippen LogP contribution in [0.2, 0.25) is 0 Å². The minimum absolute atomic E-state index is 0.584. The molecule has 0 aromatic heterocycles. The van der Waals surface area contributed by atoms with Gasteiger partial charge in [0.25, 0.3) is 12.3 Å². The lowest BCUT2D eigenvalue weighted by Gasteiger charge is -2.51. The number of hydrogen-bond acceptors (Lipinski definition) is 5. The van der Waals surface area contributed by atoms with Crippen molar-refractivity contribution in [3.05, 3.63) is 28.8 Å². The van der Waals surface area contributed by atoms with Crippen molar-refractivity contribution in [2.75, 3.05) is 0 Å². The summed E-state index contributed by atoms with van der Waals surface area (Å²) in [4.78, 5) is 4.13. The highest BCUT2D eigenvalue weighted by Crippen LogP contribution is 2.63. The Morgan fingerprint density at radius 3 is 2.78 bits per heavy atom. The molecule has 2 fully saturated rings. The number of benzene rings is 1. The van der Waals surface area contributed by atoms with Gasteiger partial charge in [0, 0.05) is 0 Å². The van der Waals surface area contributed by atoms with Gasteiger partial charge >= 0.3 is 0 Å². The quantitative estimate of drug-likeness (QED) is 0.283. The summed E-state index contributed by atoms with van der Waals surface area (Å²) >= 11 is 0.777. The topological polar surface area (TPSA) is 53.7 Å². The molecule has 0 radical (unpaired) electrons. The third kappa shape index (κ3) is 3.31. The van der Waals surface area contributed by atoms with Crippen molar-refractivity contribution in [2.45, 2.75) is 78.1 Å². The first-order valence-electron chi connectivity index (χ1n) is 10.6. The van der Waals surface area contributed by atoms with Crippen molar-refractivity contribution in [3.8, 4) is 5.75 Å². The van der Waals surface area contributed by atoms with Crippen molar-refractivity contribution < 1.29 is 13.5 Å². The highest BCUT2D eigenvalue weighted by Gasteiger charge is 2.54. The van der Waals surface area contributed by atoms with E-state index in [2.05, 4.69) is 42.2 Å². The van der Waals surface area contributed by atoms with Crippen LogP contribution in [0.15, 0.2) is 12.1 Å². The molecule has 5 atom stereocenters. The Balaban J connectivity index is 1.61. The Labute approximate surface area is 167 Å². The maximum Gasteiger partial charge on any atom is 0.260 e. The molecule has 5 heteroatoms. The number of fused-ring (bicyclic) bond motifs is 5. The fraction of sp³-hybridized carbons (Fsp3) is 0.727. The Bertz CT molecular complexity index is 682. The predicted molar refractivity (Wildman–Crippen MR) is 109 cm³/mol. The van der Waals surface area contributed by atoms with Crippen molar-refractivity contribution in [1.82, 2.24) is 0 Å². The predicted octanol–water partition coefficient (Wildman–Crippen LogP) is 5.90. The van der Waals surface area contributed by atoms with Gasteiger partial charge in [0.05, 0.1) is 0 Å². The third-order valence-electron chi connectivity index (χ3n) is 8.17. The van der Waals surface area contributed by atoms with E-state index in [-0.39, 0.29) is 0 Å². The molecule has 0 aliphatic heterocycles. The maximum absolute atomic E-state index is 5.67. The summed E-state index contributed by atoms with van der Waals surface area (Å²) in [5.74, 6) is 9.23. The van der Waals surface area contributed by atoms with E-state index in [1.165, 1.54) is 56.1 Å². The van der Waals surface area contributed by atoms with Crippen molar-refractivity contribution >= 4 is 12.3 Å². The van der Waals surface area contributed by atoms with Crippen LogP contribution in [0.3, 0.4) is 0 Å². The fourth-order valence-electron chi connectivity index (χ4n) is 6.85. The van der Waals surface area contributed by atoms with Gasteiger partial charge in [-0.25, -0.2) is 0 Å². The van der Waals surface area contributed by atoms with Gasteiger partial charge < -0.3 is 4.18 Å². The summed E-state index contributed by atoms with van der Waals surface area (Å²) in [6.07, 6.45) is 10.4. The first-order valence-corrected chi connectivity index (χ1v) is 11.3. The first kappa shape index (κ1) is 19.6. The van der Waals surface area contributed by atoms with Gasteiger partial charge in [-0.3, -0.25) is 0 Å². The standard InChI is InChI=1S/C22H33NO3S/c1-4-14-12-19-15(13-21(14)24-27-26-25-23)6-8-18-17(19)10-11-22(3)16(5-2)7-9-20(18)22/h12-13,16-18,20H,4-11,23H2,1-3H3/t16-,17-,18+,20-,22+/m0/s1. The molecule has 4 nitrogen and oxygen atoms in total. The molecule has 0 spiro atoms. The zero-order chi connectivity index (χ0) is 19.0. The van der Waals surface area contributed by atoms with Gasteiger partial charge in [-0.2, -0.15) is 5.90 Å². The zero-order valence-corrected chi connectivity index (χ0v) is 17.6. The van der Waals surface area contributed by atoms with Crippen LogP contribution in [0.5, 0.6) is 5.75 Å². The van der Waals surface area contributed by atoms with Crippen molar-refractivity contribution in [1.29, 1.82) is 0 Å². The molecular formula is C22H33NO3S. The van der Waals surface area contributed by atoms with E-state index >= 15 is 0 Å². The van der Waals surface area contributed by atoms with Crippen LogP contribution >= 0.6 is 12.3 Å². The van der Waals surface area contributed by atoms with E-state index in [9.17, 15) is 0 Å². The van der Waals surface area contributed by atoms with Crippen LogP contribution in [0.1, 0.15) is 81.9 Å². The Morgan fingerprint density at radius 2 is 2.04 bits per heavy atom. The average molecular weight is 392 g/mol. The van der Waals surface area contributed by atoms with Crippen LogP contribution in [0.25, 0.3) is 0 Å². The van der Waals surface area contributed by atoms with Crippen molar-refractivity contribution in [3.63, 3.8) is 0 Å². The molecule has 3 aliphatic rings. The van der Waals surface area contributed by atoms with Gasteiger partial charge in [0.1, 0.15) is 5.75 Å². The summed E-state index contributed by atoms with van der Waals surface area (Å²) in [5, 5.41) is 0. The van der Waals surface area contributed by atoms with Crippen LogP contribution in [0.4, 0.5) is 0 Å². The lowest BCUT2D eigenvalue weighted by atomic mass is 9.54. The van der Waals surface area contributed by atoms with Crippen LogP contribution in [0, 0.1) is 23.2 Å². The van der Waals surface area contributed by atoms with E-state index in [4.69, 9.17) is 10.1 Å². The SMILES string of the molecule is CCc1cc2c(cc1OSOON)CC[C@@H]1[C@@H]2CC[C@]2(C)[C@@H](CC)CC[C@@H]12. The van der Waals surface area contributed by atoms with E-state index in [0.717, 1.165) is 48.2 Å². The van der Waals surface area contributed by atoms with Crippen LogP contribution in [-0.2, 0) is 22.2 Å². The number of nitrogens with two attached hydrogens (primary N) is 1. The second-order valence-electron chi connectivity index (χ2n) is 8.97. The average Bonchev–Trinajstić information content (AvgIpc) is 3.03. The third-order valence-corrected chi connectivity index (χ3v) is 8.55. The lowest BCUT2D eigenvalue weighted by Crippen LogP contribution is -2.42. The molecule has 0 unspecified atom stereocenters. The molecule has 27 heavy (non-hydrogen) atoms. The molecule has 0 amide bonds. The molecule has 0 heterocycles. The number of rotatable bonds is 6. The summed E-state index contributed by atoms with van der Waals surface area (Å²) < 4.78 is 10.3. The van der Waals surface area contributed by atoms with Gasteiger partial charge in [-0.05, 0) is 96.8 Å². The van der Waals surface area contributed by atoms with Gasteiger partial charge in [0.2, 0.25) is 0 Å². The molecule has 3 aliphatic carbocycles. The molecule has 2 saturated carbocycles. The molecule has 1 aromatic carbocycles. The summed E-state index contributed by atoms with van der Waals surface area (Å²) in [5.41, 5.74) is 4.89. The fourth-order valence-corrected chi connectivity index (χ4v) is 7.13. The summed E-state index contributed by atoms with van der Waals surface area (Å²) in [7, 11) is 0. The smallest absolute Gasteiger partial charge is 0.260 e. The molecule has 150 valence electrons. The van der Waals surface area contributed by atoms with Gasteiger partial charge in [-0.15, -0.1) is 9.32 Å². The van der Waals surface area contributed by atoms with Crippen molar-refractivity contribution in [2.24, 2.45) is 29.1 Å². The molecule has 2 N–H and O–H groups in total. The largest absolute Gasteiger partial charge is 0.398 e. The van der Waals surface area contributed by atoms with Crippen LogP contribution in [-0.4, -0.2) is 0 Å². The maximum atomic E-state index is 5.67. The Hall–Kier alpha value is -0.750. The van der Waals surface area contributed by atoms with E-state index in [1.807, 2.05) is 0 Å². The lowest BCUT2D eigenvalue weighted by molar-refractivity contribution is -0.199. The summed E-state index contributed by atoms with van der Waals surface area (Å²) in [6.45, 7) is 7.18. The van der Waals surface area contributed by atoms with E-state index < -0.39 is 0 Å². The Kier molecular flexibility index (Phi) is 5.75. The van der Waals surface area contributed by atoms with E-state index in [0.29, 0.717) is 5.41 Å². The molecular weight excluding hydrogens is 358 g/mol. The minimum atomic E-state index is 0.584. The second-order valence-corrected chi connectivity index (χ2v) is 9.41. The van der Waals surface area contributed by atoms with Crippen LogP contribution < -0.4 is 10.1 Å². The molecule has 0 saturated heterocycles. The zero-order valence-electron chi connectivity index (χ0n) is 16.8. The van der Waals surface area contributed by atoms with E-state index in [1.54, 1.807) is 5.56 Å². The number of aryl methyl sites for hydroxylation is 2. The molecule has 1 aromatic rings. The first-order chi connectivity index (χ1) is 13.1. The normalized spacial score (nSPS) is 34.7. The Morgan fingerprint density at radius 1 is 1.19 bits per heavy atom. The summed E-state index contributed by atoms with van der Waals surface area (Å²) in [6, 6.07) is 4.65. The minimum Gasteiger partial charge on any atom is -0.398 e. The highest BCUT2D eigenvalue weighted by molar-refractivity contribution is 7.90. The van der Waals surface area contributed by atoms with Gasteiger partial charge in [-0.1, -0.05) is 33.3 Å². The molecule has 0 bridgehead atoms. The van der Waals surface area contributed by atoms with Gasteiger partial charge in [0.15, 0.2) is 0 Å².